The molecule has 106 valence electrons. The topological polar surface area (TPSA) is 40.5 Å². The molecule has 1 atom stereocenters. The average Bonchev–Trinajstić information content (AvgIpc) is 2.39. The summed E-state index contributed by atoms with van der Waals surface area (Å²) in [5.41, 5.74) is -1.51. The van der Waals surface area contributed by atoms with E-state index in [9.17, 15) is 19.0 Å². The lowest BCUT2D eigenvalue weighted by molar-refractivity contribution is 0.0635. The molecule has 0 saturated heterocycles. The van der Waals surface area contributed by atoms with Crippen LogP contribution in [-0.4, -0.2) is 10.2 Å². The molecule has 2 N–H and O–H groups in total. The number of rotatable bonds is 4. The molecule has 0 fully saturated rings. The zero-order valence-corrected chi connectivity index (χ0v) is 11.1. The maximum atomic E-state index is 14.0. The minimum absolute atomic E-state index is 0.173. The van der Waals surface area contributed by atoms with Crippen molar-refractivity contribution in [2.45, 2.75) is 25.4 Å². The van der Waals surface area contributed by atoms with Gasteiger partial charge < -0.3 is 10.2 Å². The van der Waals surface area contributed by atoms with Crippen LogP contribution < -0.4 is 0 Å². The number of aromatic hydroxyl groups is 1. The number of hydrogen-bond donors (Lipinski definition) is 2. The summed E-state index contributed by atoms with van der Waals surface area (Å²) in [6.45, 7) is 1.84. The quantitative estimate of drug-likeness (QED) is 0.895. The van der Waals surface area contributed by atoms with Crippen LogP contribution in [0.4, 0.5) is 8.78 Å². The van der Waals surface area contributed by atoms with E-state index in [-0.39, 0.29) is 17.7 Å². The van der Waals surface area contributed by atoms with Crippen molar-refractivity contribution in [1.82, 2.24) is 0 Å². The summed E-state index contributed by atoms with van der Waals surface area (Å²) in [7, 11) is 0. The van der Waals surface area contributed by atoms with Gasteiger partial charge >= 0.3 is 0 Å². The predicted octanol–water partition coefficient (Wildman–Crippen LogP) is 3.71. The van der Waals surface area contributed by atoms with Gasteiger partial charge in [-0.05, 0) is 36.2 Å². The van der Waals surface area contributed by atoms with Gasteiger partial charge in [-0.15, -0.1) is 0 Å². The van der Waals surface area contributed by atoms with Gasteiger partial charge in [-0.2, -0.15) is 0 Å². The summed E-state index contributed by atoms with van der Waals surface area (Å²) in [5, 5.41) is 20.8. The van der Waals surface area contributed by atoms with Crippen LogP contribution in [0.5, 0.6) is 5.75 Å². The summed E-state index contributed by atoms with van der Waals surface area (Å²) in [6, 6.07) is 9.07. The lowest BCUT2D eigenvalue weighted by atomic mass is 9.82. The fourth-order valence-electron chi connectivity index (χ4n) is 2.42. The molecule has 2 aromatic carbocycles. The Labute approximate surface area is 116 Å². The largest absolute Gasteiger partial charge is 0.507 e. The Balaban J connectivity index is 2.62. The highest BCUT2D eigenvalue weighted by atomic mass is 19.1. The molecule has 0 aliphatic carbocycles. The maximum Gasteiger partial charge on any atom is 0.133 e. The van der Waals surface area contributed by atoms with Crippen molar-refractivity contribution in [3.05, 3.63) is 65.2 Å². The minimum atomic E-state index is -1.68. The van der Waals surface area contributed by atoms with Crippen LogP contribution in [-0.2, 0) is 5.60 Å². The Morgan fingerprint density at radius 1 is 1.05 bits per heavy atom. The SMILES string of the molecule is CCCC(O)(c1ccc(F)cc1)c1c(O)cccc1F. The zero-order valence-electron chi connectivity index (χ0n) is 11.1. The smallest absolute Gasteiger partial charge is 0.133 e. The van der Waals surface area contributed by atoms with Gasteiger partial charge in [0.2, 0.25) is 0 Å². The Morgan fingerprint density at radius 3 is 2.25 bits per heavy atom. The second-order valence-electron chi connectivity index (χ2n) is 4.75. The van der Waals surface area contributed by atoms with E-state index < -0.39 is 17.2 Å². The molecule has 0 heterocycles. The Kier molecular flexibility index (Phi) is 4.04. The summed E-state index contributed by atoms with van der Waals surface area (Å²) in [6.07, 6.45) is 0.786. The van der Waals surface area contributed by atoms with E-state index >= 15 is 0 Å². The van der Waals surface area contributed by atoms with Crippen molar-refractivity contribution in [3.8, 4) is 5.75 Å². The molecule has 0 saturated carbocycles. The second-order valence-corrected chi connectivity index (χ2v) is 4.75. The van der Waals surface area contributed by atoms with Crippen LogP contribution in [0, 0.1) is 11.6 Å². The van der Waals surface area contributed by atoms with Crippen molar-refractivity contribution in [3.63, 3.8) is 0 Å². The lowest BCUT2D eigenvalue weighted by Gasteiger charge is -2.30. The Hall–Kier alpha value is -1.94. The fourth-order valence-corrected chi connectivity index (χ4v) is 2.42. The van der Waals surface area contributed by atoms with Crippen molar-refractivity contribution in [1.29, 1.82) is 0 Å². The molecule has 0 amide bonds. The number of aliphatic hydroxyl groups is 1. The number of benzene rings is 2. The zero-order chi connectivity index (χ0) is 14.8. The molecular weight excluding hydrogens is 262 g/mol. The number of hydrogen-bond acceptors (Lipinski definition) is 2. The van der Waals surface area contributed by atoms with E-state index in [2.05, 4.69) is 0 Å². The van der Waals surface area contributed by atoms with Gasteiger partial charge in [0.1, 0.15) is 23.0 Å². The number of phenolic OH excluding ortho intramolecular Hbond substituents is 1. The molecule has 0 bridgehead atoms. The third-order valence-corrected chi connectivity index (χ3v) is 3.34. The Bertz CT molecular complexity index is 576. The molecule has 0 aliphatic heterocycles. The molecule has 20 heavy (non-hydrogen) atoms. The van der Waals surface area contributed by atoms with Crippen LogP contribution in [0.1, 0.15) is 30.9 Å². The number of phenols is 1. The van der Waals surface area contributed by atoms with Crippen LogP contribution in [0.15, 0.2) is 42.5 Å². The van der Waals surface area contributed by atoms with E-state index in [1.54, 1.807) is 0 Å². The molecule has 2 rings (SSSR count). The van der Waals surface area contributed by atoms with Crippen molar-refractivity contribution in [2.75, 3.05) is 0 Å². The molecule has 0 aliphatic rings. The number of halogens is 2. The summed E-state index contributed by atoms with van der Waals surface area (Å²) in [5.74, 6) is -1.44. The highest BCUT2D eigenvalue weighted by Crippen LogP contribution is 2.40. The van der Waals surface area contributed by atoms with Crippen LogP contribution in [0.2, 0.25) is 0 Å². The third-order valence-electron chi connectivity index (χ3n) is 3.34. The van der Waals surface area contributed by atoms with Crippen LogP contribution in [0.3, 0.4) is 0 Å². The van der Waals surface area contributed by atoms with Crippen molar-refractivity contribution < 1.29 is 19.0 Å². The normalized spacial score (nSPS) is 14.0. The molecule has 4 heteroatoms. The molecule has 0 spiro atoms. The third kappa shape index (κ3) is 2.51. The highest BCUT2D eigenvalue weighted by Gasteiger charge is 2.35. The second kappa shape index (κ2) is 5.59. The van der Waals surface area contributed by atoms with Crippen LogP contribution >= 0.6 is 0 Å². The average molecular weight is 278 g/mol. The van der Waals surface area contributed by atoms with Gasteiger partial charge in [0, 0.05) is 0 Å². The minimum Gasteiger partial charge on any atom is -0.507 e. The molecular formula is C16H16F2O2. The molecule has 0 aromatic heterocycles. The van der Waals surface area contributed by atoms with Gasteiger partial charge in [0.05, 0.1) is 5.56 Å². The van der Waals surface area contributed by atoms with E-state index in [1.807, 2.05) is 6.92 Å². The van der Waals surface area contributed by atoms with E-state index in [0.717, 1.165) is 0 Å². The maximum absolute atomic E-state index is 14.0. The molecule has 2 aromatic rings. The fraction of sp³-hybridized carbons (Fsp3) is 0.250. The predicted molar refractivity (Wildman–Crippen MR) is 72.4 cm³/mol. The lowest BCUT2D eigenvalue weighted by Crippen LogP contribution is -2.28. The standard InChI is InChI=1S/C16H16F2O2/c1-2-10-16(20,11-6-8-12(17)9-7-11)15-13(18)4-3-5-14(15)19/h3-9,19-20H,2,10H2,1H3. The van der Waals surface area contributed by atoms with Gasteiger partial charge in [-0.25, -0.2) is 8.78 Å². The first kappa shape index (κ1) is 14.5. The van der Waals surface area contributed by atoms with Gasteiger partial charge in [0.15, 0.2) is 0 Å². The summed E-state index contributed by atoms with van der Waals surface area (Å²) in [4.78, 5) is 0. The van der Waals surface area contributed by atoms with E-state index in [0.29, 0.717) is 12.0 Å². The summed E-state index contributed by atoms with van der Waals surface area (Å²) < 4.78 is 27.1. The van der Waals surface area contributed by atoms with Crippen molar-refractivity contribution in [2.24, 2.45) is 0 Å². The van der Waals surface area contributed by atoms with Gasteiger partial charge in [-0.3, -0.25) is 0 Å². The van der Waals surface area contributed by atoms with Crippen molar-refractivity contribution >= 4 is 0 Å². The van der Waals surface area contributed by atoms with Gasteiger partial charge in [0.25, 0.3) is 0 Å². The van der Waals surface area contributed by atoms with E-state index in [1.165, 1.54) is 42.5 Å². The first-order valence-electron chi connectivity index (χ1n) is 6.45. The first-order valence-corrected chi connectivity index (χ1v) is 6.45. The molecule has 1 unspecified atom stereocenters. The van der Waals surface area contributed by atoms with Gasteiger partial charge in [-0.1, -0.05) is 31.5 Å². The van der Waals surface area contributed by atoms with Crippen LogP contribution in [0.25, 0.3) is 0 Å². The highest BCUT2D eigenvalue weighted by molar-refractivity contribution is 5.44. The first-order chi connectivity index (χ1) is 9.49. The molecule has 0 radical (unpaired) electrons. The summed E-state index contributed by atoms with van der Waals surface area (Å²) >= 11 is 0. The molecule has 2 nitrogen and oxygen atoms in total. The monoisotopic (exact) mass is 278 g/mol. The van der Waals surface area contributed by atoms with E-state index in [4.69, 9.17) is 0 Å². The Morgan fingerprint density at radius 2 is 1.70 bits per heavy atom.